The smallest absolute Gasteiger partial charge is 0.417 e. The highest BCUT2D eigenvalue weighted by molar-refractivity contribution is 7.89. The number of nitrogens with one attached hydrogen (secondary N) is 1. The van der Waals surface area contributed by atoms with Crippen LogP contribution in [-0.2, 0) is 21.0 Å². The standard InChI is InChI=1S/C11H11ClF3NO5S/c1-10(19,9(17)18)5-16-22(20,21)6-2-3-8(12)7(4-6)11(13,14)15/h2-4,16,19H,5H2,1H3,(H,17,18). The lowest BCUT2D eigenvalue weighted by Crippen LogP contribution is -2.46. The molecule has 0 spiro atoms. The minimum atomic E-state index is -4.85. The molecule has 1 rings (SSSR count). The van der Waals surface area contributed by atoms with E-state index in [1.165, 1.54) is 0 Å². The predicted octanol–water partition coefficient (Wildman–Crippen LogP) is 1.47. The summed E-state index contributed by atoms with van der Waals surface area (Å²) in [5, 5.41) is 17.4. The van der Waals surface area contributed by atoms with E-state index >= 15 is 0 Å². The third kappa shape index (κ3) is 4.32. The van der Waals surface area contributed by atoms with E-state index in [1.807, 2.05) is 0 Å². The molecule has 0 heterocycles. The molecule has 3 N–H and O–H groups in total. The quantitative estimate of drug-likeness (QED) is 0.737. The normalized spacial score (nSPS) is 15.4. The Morgan fingerprint density at radius 3 is 2.36 bits per heavy atom. The maximum absolute atomic E-state index is 12.7. The number of carboxylic acid groups (broad SMARTS) is 1. The van der Waals surface area contributed by atoms with Gasteiger partial charge in [-0.1, -0.05) is 11.6 Å². The summed E-state index contributed by atoms with van der Waals surface area (Å²) < 4.78 is 63.5. The third-order valence-corrected chi connectivity index (χ3v) is 4.35. The predicted molar refractivity (Wildman–Crippen MR) is 69.9 cm³/mol. The Balaban J connectivity index is 3.12. The number of hydrogen-bond donors (Lipinski definition) is 3. The SMILES string of the molecule is CC(O)(CNS(=O)(=O)c1ccc(Cl)c(C(F)(F)F)c1)C(=O)O. The lowest BCUT2D eigenvalue weighted by Gasteiger charge is -2.18. The molecule has 6 nitrogen and oxygen atoms in total. The van der Waals surface area contributed by atoms with Crippen molar-refractivity contribution in [1.29, 1.82) is 0 Å². The van der Waals surface area contributed by atoms with Crippen molar-refractivity contribution in [3.8, 4) is 0 Å². The number of carbonyl (C=O) groups is 1. The zero-order valence-electron chi connectivity index (χ0n) is 11.0. The molecular formula is C11H11ClF3NO5S. The summed E-state index contributed by atoms with van der Waals surface area (Å²) in [5.41, 5.74) is -3.76. The van der Waals surface area contributed by atoms with Crippen LogP contribution in [0.25, 0.3) is 0 Å². The van der Waals surface area contributed by atoms with Crippen molar-refractivity contribution in [3.05, 3.63) is 28.8 Å². The highest BCUT2D eigenvalue weighted by Crippen LogP contribution is 2.35. The largest absolute Gasteiger partial charge is 0.479 e. The van der Waals surface area contributed by atoms with Gasteiger partial charge >= 0.3 is 12.1 Å². The molecular weight excluding hydrogens is 351 g/mol. The fraction of sp³-hybridized carbons (Fsp3) is 0.364. The molecule has 22 heavy (non-hydrogen) atoms. The molecule has 0 radical (unpaired) electrons. The maximum atomic E-state index is 12.7. The van der Waals surface area contributed by atoms with E-state index in [0.717, 1.165) is 19.1 Å². The molecule has 0 saturated carbocycles. The summed E-state index contributed by atoms with van der Waals surface area (Å²) in [6.07, 6.45) is -4.85. The van der Waals surface area contributed by atoms with Gasteiger partial charge in [0.25, 0.3) is 0 Å². The van der Waals surface area contributed by atoms with Gasteiger partial charge in [0, 0.05) is 0 Å². The Bertz CT molecular complexity index is 687. The van der Waals surface area contributed by atoms with Gasteiger partial charge < -0.3 is 10.2 Å². The van der Waals surface area contributed by atoms with Crippen molar-refractivity contribution in [3.63, 3.8) is 0 Å². The van der Waals surface area contributed by atoms with Crippen LogP contribution < -0.4 is 4.72 Å². The Morgan fingerprint density at radius 1 is 1.36 bits per heavy atom. The summed E-state index contributed by atoms with van der Waals surface area (Å²) in [4.78, 5) is 9.89. The number of sulfonamides is 1. The topological polar surface area (TPSA) is 104 Å². The van der Waals surface area contributed by atoms with E-state index in [2.05, 4.69) is 0 Å². The number of aliphatic carboxylic acids is 1. The first-order valence-corrected chi connectivity index (χ1v) is 7.46. The van der Waals surface area contributed by atoms with E-state index in [9.17, 15) is 31.5 Å². The van der Waals surface area contributed by atoms with Gasteiger partial charge in [0.1, 0.15) is 0 Å². The summed E-state index contributed by atoms with van der Waals surface area (Å²) in [6, 6.07) is 1.91. The van der Waals surface area contributed by atoms with Gasteiger partial charge in [-0.15, -0.1) is 0 Å². The van der Waals surface area contributed by atoms with E-state index in [1.54, 1.807) is 4.72 Å². The van der Waals surface area contributed by atoms with E-state index in [0.29, 0.717) is 6.07 Å². The Morgan fingerprint density at radius 2 is 1.91 bits per heavy atom. The fourth-order valence-corrected chi connectivity index (χ4v) is 2.67. The van der Waals surface area contributed by atoms with Crippen molar-refractivity contribution in [2.24, 2.45) is 0 Å². The van der Waals surface area contributed by atoms with Crippen LogP contribution in [0.15, 0.2) is 23.1 Å². The maximum Gasteiger partial charge on any atom is 0.417 e. The number of alkyl halides is 3. The first kappa shape index (κ1) is 18.7. The number of carboxylic acids is 1. The van der Waals surface area contributed by atoms with E-state index in [-0.39, 0.29) is 0 Å². The van der Waals surface area contributed by atoms with Crippen LogP contribution in [0.2, 0.25) is 5.02 Å². The van der Waals surface area contributed by atoms with Gasteiger partial charge in [-0.3, -0.25) is 0 Å². The number of rotatable bonds is 5. The highest BCUT2D eigenvalue weighted by atomic mass is 35.5. The molecule has 1 aromatic rings. The Kier molecular flexibility index (Phi) is 5.12. The second-order valence-corrected chi connectivity index (χ2v) is 6.72. The summed E-state index contributed by atoms with van der Waals surface area (Å²) in [5.74, 6) is -1.69. The first-order valence-electron chi connectivity index (χ1n) is 5.59. The van der Waals surface area contributed by atoms with Crippen molar-refractivity contribution in [2.45, 2.75) is 23.6 Å². The molecule has 0 saturated heterocycles. The lowest BCUT2D eigenvalue weighted by molar-refractivity contribution is -0.155. The molecule has 0 bridgehead atoms. The number of halogens is 4. The fourth-order valence-electron chi connectivity index (χ4n) is 1.28. The zero-order chi connectivity index (χ0) is 17.3. The number of hydrogen-bond acceptors (Lipinski definition) is 4. The van der Waals surface area contributed by atoms with Gasteiger partial charge in [0.15, 0.2) is 5.60 Å². The van der Waals surface area contributed by atoms with Gasteiger partial charge in [-0.2, -0.15) is 13.2 Å². The average Bonchev–Trinajstić information content (AvgIpc) is 2.35. The summed E-state index contributed by atoms with van der Waals surface area (Å²) in [6.45, 7) is -0.0878. The number of aliphatic hydroxyl groups is 1. The van der Waals surface area contributed by atoms with Crippen LogP contribution in [0.5, 0.6) is 0 Å². The van der Waals surface area contributed by atoms with Gasteiger partial charge in [0.2, 0.25) is 10.0 Å². The molecule has 0 aliphatic carbocycles. The van der Waals surface area contributed by atoms with Gasteiger partial charge in [-0.05, 0) is 25.1 Å². The molecule has 1 atom stereocenters. The van der Waals surface area contributed by atoms with Crippen molar-refractivity contribution in [1.82, 2.24) is 4.72 Å². The Hall–Kier alpha value is -1.36. The molecule has 11 heteroatoms. The zero-order valence-corrected chi connectivity index (χ0v) is 12.6. The molecule has 0 aliphatic rings. The van der Waals surface area contributed by atoms with Crippen molar-refractivity contribution >= 4 is 27.6 Å². The van der Waals surface area contributed by atoms with Gasteiger partial charge in [-0.25, -0.2) is 17.9 Å². The summed E-state index contributed by atoms with van der Waals surface area (Å²) in [7, 11) is -4.46. The second kappa shape index (κ2) is 6.03. The van der Waals surface area contributed by atoms with Crippen LogP contribution in [0.4, 0.5) is 13.2 Å². The van der Waals surface area contributed by atoms with E-state index < -0.39 is 49.8 Å². The molecule has 0 aromatic heterocycles. The molecule has 124 valence electrons. The molecule has 0 aliphatic heterocycles. The molecule has 1 aromatic carbocycles. The monoisotopic (exact) mass is 361 g/mol. The van der Waals surface area contributed by atoms with Crippen LogP contribution in [0, 0.1) is 0 Å². The van der Waals surface area contributed by atoms with Crippen LogP contribution >= 0.6 is 11.6 Å². The minimum Gasteiger partial charge on any atom is -0.479 e. The summed E-state index contributed by atoms with van der Waals surface area (Å²) >= 11 is 5.37. The van der Waals surface area contributed by atoms with E-state index in [4.69, 9.17) is 16.7 Å². The van der Waals surface area contributed by atoms with Crippen LogP contribution in [0.1, 0.15) is 12.5 Å². The second-order valence-electron chi connectivity index (χ2n) is 4.54. The Labute approximate surface area is 128 Å². The highest BCUT2D eigenvalue weighted by Gasteiger charge is 2.35. The minimum absolute atomic E-state index is 0.320. The van der Waals surface area contributed by atoms with Crippen LogP contribution in [-0.4, -0.2) is 36.7 Å². The van der Waals surface area contributed by atoms with Crippen molar-refractivity contribution < 1.29 is 36.6 Å². The lowest BCUT2D eigenvalue weighted by atomic mass is 10.1. The number of benzene rings is 1. The molecule has 0 amide bonds. The van der Waals surface area contributed by atoms with Crippen molar-refractivity contribution in [2.75, 3.05) is 6.54 Å². The van der Waals surface area contributed by atoms with Gasteiger partial charge in [0.05, 0.1) is 22.0 Å². The molecule has 0 fully saturated rings. The average molecular weight is 362 g/mol. The first-order chi connectivity index (χ1) is 9.77. The molecule has 1 unspecified atom stereocenters. The third-order valence-electron chi connectivity index (χ3n) is 2.62. The van der Waals surface area contributed by atoms with Crippen LogP contribution in [0.3, 0.4) is 0 Å².